The maximum atomic E-state index is 3.14. The molecule has 1 aromatic rings. The van der Waals surface area contributed by atoms with Crippen molar-refractivity contribution in [3.05, 3.63) is 54.1 Å². The molecule has 0 aromatic heterocycles. The first kappa shape index (κ1) is 12.3. The quantitative estimate of drug-likeness (QED) is 0.609. The predicted molar refractivity (Wildman–Crippen MR) is 76.2 cm³/mol. The van der Waals surface area contributed by atoms with Gasteiger partial charge in [0.05, 0.1) is 0 Å². The summed E-state index contributed by atoms with van der Waals surface area (Å²) in [6.07, 6.45) is 11.1. The molecular formula is C15H17NSe. The molecule has 0 atom stereocenters. The van der Waals surface area contributed by atoms with E-state index in [0.29, 0.717) is 0 Å². The Labute approximate surface area is 111 Å². The third kappa shape index (κ3) is 3.99. The Hall–Kier alpha value is -1.11. The molecule has 1 heterocycles. The van der Waals surface area contributed by atoms with Crippen LogP contribution in [0.2, 0.25) is 0 Å². The number of benzene rings is 1. The second-order valence-electron chi connectivity index (χ2n) is 4.16. The van der Waals surface area contributed by atoms with Gasteiger partial charge in [-0.25, -0.2) is 0 Å². The van der Waals surface area contributed by atoms with E-state index in [2.05, 4.69) is 69.0 Å². The van der Waals surface area contributed by atoms with E-state index in [9.17, 15) is 0 Å². The van der Waals surface area contributed by atoms with Crippen molar-refractivity contribution < 1.29 is 0 Å². The molecule has 0 spiro atoms. The van der Waals surface area contributed by atoms with Crippen LogP contribution in [-0.2, 0) is 0 Å². The molecule has 0 amide bonds. The van der Waals surface area contributed by atoms with Gasteiger partial charge in [0.15, 0.2) is 0 Å². The van der Waals surface area contributed by atoms with Gasteiger partial charge in [0.25, 0.3) is 0 Å². The molecule has 1 aromatic carbocycles. The van der Waals surface area contributed by atoms with Crippen LogP contribution in [0.5, 0.6) is 0 Å². The summed E-state index contributed by atoms with van der Waals surface area (Å²) in [5.41, 5.74) is 1.24. The number of allylic oxidation sites excluding steroid dienone is 2. The average Bonchev–Trinajstić information content (AvgIpc) is 2.89. The molecule has 0 radical (unpaired) electrons. The number of nitrogens with zero attached hydrogens (tertiary/aromatic N) is 1. The average molecular weight is 290 g/mol. The number of likely N-dealkylation sites (tertiary alicyclic amines) is 1. The van der Waals surface area contributed by atoms with Crippen LogP contribution in [0.1, 0.15) is 18.4 Å². The predicted octanol–water partition coefficient (Wildman–Crippen LogP) is 2.65. The second-order valence-corrected chi connectivity index (χ2v) is 5.04. The first-order chi connectivity index (χ1) is 8.36. The van der Waals surface area contributed by atoms with Gasteiger partial charge < -0.3 is 0 Å². The summed E-state index contributed by atoms with van der Waals surface area (Å²) in [6.45, 7) is 2.38. The fraction of sp³-hybridized carbons (Fsp3) is 0.267. The minimum atomic E-state index is 1.19. The zero-order valence-electron chi connectivity index (χ0n) is 9.88. The summed E-state index contributed by atoms with van der Waals surface area (Å²) in [5.74, 6) is 0. The Morgan fingerprint density at radius 1 is 1.06 bits per heavy atom. The van der Waals surface area contributed by atoms with Crippen LogP contribution in [0, 0.1) is 0 Å². The zero-order valence-corrected chi connectivity index (χ0v) is 11.6. The molecule has 1 aliphatic heterocycles. The van der Waals surface area contributed by atoms with Gasteiger partial charge in [0.2, 0.25) is 0 Å². The number of rotatable bonds is 4. The van der Waals surface area contributed by atoms with Crippen molar-refractivity contribution in [3.8, 4) is 0 Å². The van der Waals surface area contributed by atoms with Crippen LogP contribution in [0.4, 0.5) is 0 Å². The summed E-state index contributed by atoms with van der Waals surface area (Å²) in [5, 5.41) is 0. The van der Waals surface area contributed by atoms with Crippen LogP contribution in [0.15, 0.2) is 48.6 Å². The van der Waals surface area contributed by atoms with Gasteiger partial charge in [-0.1, -0.05) is 0 Å². The summed E-state index contributed by atoms with van der Waals surface area (Å²) in [4.78, 5) is 2.40. The Kier molecular flexibility index (Phi) is 4.78. The Bertz CT molecular complexity index is 414. The van der Waals surface area contributed by atoms with Crippen LogP contribution in [-0.4, -0.2) is 38.1 Å². The number of hydrogen-bond donors (Lipinski definition) is 0. The Morgan fingerprint density at radius 2 is 1.76 bits per heavy atom. The zero-order chi connectivity index (χ0) is 11.9. The molecule has 2 rings (SSSR count). The normalized spacial score (nSPS) is 16.1. The summed E-state index contributed by atoms with van der Waals surface area (Å²) < 4.78 is 1.25. The molecule has 1 nitrogen and oxygen atoms in total. The van der Waals surface area contributed by atoms with Gasteiger partial charge in [0.1, 0.15) is 0 Å². The van der Waals surface area contributed by atoms with Crippen molar-refractivity contribution in [2.24, 2.45) is 0 Å². The Balaban J connectivity index is 1.85. The van der Waals surface area contributed by atoms with Gasteiger partial charge in [0, 0.05) is 0 Å². The van der Waals surface area contributed by atoms with Crippen molar-refractivity contribution in [2.75, 3.05) is 13.1 Å². The van der Waals surface area contributed by atoms with Gasteiger partial charge in [-0.3, -0.25) is 0 Å². The van der Waals surface area contributed by atoms with Gasteiger partial charge >= 0.3 is 111 Å². The molecule has 1 fully saturated rings. The molecular weight excluding hydrogens is 273 g/mol. The Morgan fingerprint density at radius 3 is 2.47 bits per heavy atom. The second kappa shape index (κ2) is 6.58. The van der Waals surface area contributed by atoms with Crippen LogP contribution < -0.4 is 0 Å². The molecule has 0 N–H and O–H groups in total. The minimum absolute atomic E-state index is 1.19. The summed E-state index contributed by atoms with van der Waals surface area (Å²) in [7, 11) is 0. The van der Waals surface area contributed by atoms with E-state index >= 15 is 0 Å². The molecule has 88 valence electrons. The standard InChI is InChI=1S/C15H17NSe/c17-15(16-12-6-7-13-16)11-5-4-10-14-8-2-1-3-9-14/h1-5,8-11H,6-7,12-13H2/b10-4+,11-5+. The van der Waals surface area contributed by atoms with Crippen molar-refractivity contribution in [2.45, 2.75) is 12.8 Å². The van der Waals surface area contributed by atoms with E-state index in [0.717, 1.165) is 0 Å². The van der Waals surface area contributed by atoms with Gasteiger partial charge in [-0.05, 0) is 0 Å². The maximum absolute atomic E-state index is 3.14. The molecule has 1 aliphatic rings. The van der Waals surface area contributed by atoms with E-state index < -0.39 is 0 Å². The molecule has 1 saturated heterocycles. The first-order valence-corrected chi connectivity index (χ1v) is 6.90. The van der Waals surface area contributed by atoms with Crippen molar-refractivity contribution in [1.82, 2.24) is 4.90 Å². The van der Waals surface area contributed by atoms with Gasteiger partial charge in [-0.15, -0.1) is 0 Å². The van der Waals surface area contributed by atoms with Crippen molar-refractivity contribution in [1.29, 1.82) is 0 Å². The van der Waals surface area contributed by atoms with E-state index in [4.69, 9.17) is 0 Å². The SMILES string of the molecule is [Se]=C(/C=C/C=C/c1ccccc1)N1CCCC1. The molecule has 0 saturated carbocycles. The summed E-state index contributed by atoms with van der Waals surface area (Å²) in [6, 6.07) is 10.4. The van der Waals surface area contributed by atoms with Crippen LogP contribution >= 0.6 is 0 Å². The fourth-order valence-electron chi connectivity index (χ4n) is 1.91. The van der Waals surface area contributed by atoms with E-state index in [1.54, 1.807) is 0 Å². The molecule has 17 heavy (non-hydrogen) atoms. The van der Waals surface area contributed by atoms with Gasteiger partial charge in [-0.2, -0.15) is 0 Å². The summed E-state index contributed by atoms with van der Waals surface area (Å²) >= 11 is 3.14. The molecule has 0 aliphatic carbocycles. The topological polar surface area (TPSA) is 3.24 Å². The first-order valence-electron chi connectivity index (χ1n) is 6.05. The van der Waals surface area contributed by atoms with E-state index in [1.165, 1.54) is 36.0 Å². The van der Waals surface area contributed by atoms with Crippen LogP contribution in [0.25, 0.3) is 6.08 Å². The molecule has 0 bridgehead atoms. The van der Waals surface area contributed by atoms with Crippen LogP contribution in [0.3, 0.4) is 0 Å². The number of hydrogen-bond acceptors (Lipinski definition) is 1. The molecule has 2 heteroatoms. The van der Waals surface area contributed by atoms with Crippen molar-refractivity contribution >= 4 is 26.2 Å². The molecule has 0 unspecified atom stereocenters. The van der Waals surface area contributed by atoms with Crippen molar-refractivity contribution in [3.63, 3.8) is 0 Å². The third-order valence-corrected chi connectivity index (χ3v) is 3.68. The third-order valence-electron chi connectivity index (χ3n) is 2.86. The van der Waals surface area contributed by atoms with E-state index in [-0.39, 0.29) is 0 Å². The fourth-order valence-corrected chi connectivity index (χ4v) is 2.46. The van der Waals surface area contributed by atoms with E-state index in [1.807, 2.05) is 6.07 Å². The monoisotopic (exact) mass is 291 g/mol.